The number of hydrogen-bond donors (Lipinski definition) is 1. The van der Waals surface area contributed by atoms with Crippen LogP contribution in [0, 0.1) is 5.92 Å². The number of hydrogen-bond acceptors (Lipinski definition) is 1. The van der Waals surface area contributed by atoms with Gasteiger partial charge in [0.05, 0.1) is 0 Å². The topological polar surface area (TPSA) is 26.0 Å². The molecule has 15 heavy (non-hydrogen) atoms. The van der Waals surface area contributed by atoms with Crippen LogP contribution in [0.4, 0.5) is 0 Å². The Hall–Kier alpha value is -0.820. The van der Waals surface area contributed by atoms with Crippen molar-refractivity contribution in [3.05, 3.63) is 35.4 Å². The van der Waals surface area contributed by atoms with E-state index in [1.165, 1.54) is 18.4 Å². The molecule has 0 aromatic heterocycles. The van der Waals surface area contributed by atoms with E-state index < -0.39 is 0 Å². The summed E-state index contributed by atoms with van der Waals surface area (Å²) in [6, 6.07) is 9.10. The molecule has 1 heteroatoms. The highest BCUT2D eigenvalue weighted by Gasteiger charge is 2.26. The smallest absolute Gasteiger partial charge is 0.0103 e. The maximum absolute atomic E-state index is 6.14. The monoisotopic (exact) mass is 203 g/mol. The van der Waals surface area contributed by atoms with Crippen molar-refractivity contribution in [1.82, 2.24) is 0 Å². The maximum atomic E-state index is 6.14. The first-order valence-corrected chi connectivity index (χ1v) is 6.02. The lowest BCUT2D eigenvalue weighted by Gasteiger charge is -2.17. The van der Waals surface area contributed by atoms with Crippen molar-refractivity contribution in [3.8, 4) is 0 Å². The zero-order valence-electron chi connectivity index (χ0n) is 9.74. The molecule has 0 spiro atoms. The molecule has 1 aliphatic rings. The lowest BCUT2D eigenvalue weighted by molar-refractivity contribution is 0.489. The van der Waals surface area contributed by atoms with Crippen LogP contribution < -0.4 is 5.73 Å². The zero-order chi connectivity index (χ0) is 10.8. The third kappa shape index (κ3) is 2.60. The Kier molecular flexibility index (Phi) is 3.11. The fourth-order valence-electron chi connectivity index (χ4n) is 2.00. The average molecular weight is 203 g/mol. The first kappa shape index (κ1) is 10.7. The molecule has 0 saturated heterocycles. The van der Waals surface area contributed by atoms with Crippen molar-refractivity contribution in [3.63, 3.8) is 0 Å². The molecule has 2 rings (SSSR count). The molecule has 1 atom stereocenters. The molecule has 1 aromatic carbocycles. The molecule has 1 nitrogen and oxygen atoms in total. The summed E-state index contributed by atoms with van der Waals surface area (Å²) in [7, 11) is 0. The van der Waals surface area contributed by atoms with Gasteiger partial charge < -0.3 is 5.73 Å². The fourth-order valence-corrected chi connectivity index (χ4v) is 2.00. The Bertz CT molecular complexity index is 326. The molecule has 1 saturated carbocycles. The lowest BCUT2D eigenvalue weighted by Crippen LogP contribution is -2.29. The van der Waals surface area contributed by atoms with Gasteiger partial charge in [0.15, 0.2) is 0 Å². The summed E-state index contributed by atoms with van der Waals surface area (Å²) in [6.45, 7) is 4.40. The summed E-state index contributed by atoms with van der Waals surface area (Å²) < 4.78 is 0. The van der Waals surface area contributed by atoms with E-state index in [-0.39, 0.29) is 0 Å². The van der Waals surface area contributed by atoms with Crippen LogP contribution >= 0.6 is 0 Å². The lowest BCUT2D eigenvalue weighted by atomic mass is 9.93. The molecule has 82 valence electrons. The van der Waals surface area contributed by atoms with E-state index in [2.05, 4.69) is 38.1 Å². The normalized spacial score (nSPS) is 18.1. The second-order valence-electron chi connectivity index (χ2n) is 5.09. The molecule has 2 N–H and O–H groups in total. The predicted molar refractivity (Wildman–Crippen MR) is 64.9 cm³/mol. The second-order valence-corrected chi connectivity index (χ2v) is 5.09. The predicted octanol–water partition coefficient (Wildman–Crippen LogP) is 3.09. The molecular formula is C14H21N. The summed E-state index contributed by atoms with van der Waals surface area (Å²) in [5.41, 5.74) is 9.16. The highest BCUT2D eigenvalue weighted by Crippen LogP contribution is 2.41. The molecule has 1 fully saturated rings. The van der Waals surface area contributed by atoms with Crippen LogP contribution in [0.1, 0.15) is 43.7 Å². The average Bonchev–Trinajstić information content (AvgIpc) is 3.02. The van der Waals surface area contributed by atoms with E-state index in [0.717, 1.165) is 12.3 Å². The van der Waals surface area contributed by atoms with Gasteiger partial charge in [-0.3, -0.25) is 0 Å². The van der Waals surface area contributed by atoms with E-state index in [0.29, 0.717) is 12.0 Å². The van der Waals surface area contributed by atoms with E-state index in [1.807, 2.05) is 0 Å². The van der Waals surface area contributed by atoms with Crippen LogP contribution in [0.25, 0.3) is 0 Å². The van der Waals surface area contributed by atoms with E-state index in [1.54, 1.807) is 5.56 Å². The van der Waals surface area contributed by atoms with Crippen molar-refractivity contribution >= 4 is 0 Å². The highest BCUT2D eigenvalue weighted by atomic mass is 14.6. The van der Waals surface area contributed by atoms with Crippen molar-refractivity contribution in [2.24, 2.45) is 11.7 Å². The summed E-state index contributed by atoms with van der Waals surface area (Å²) >= 11 is 0. The van der Waals surface area contributed by atoms with Crippen molar-refractivity contribution in [2.75, 3.05) is 0 Å². The van der Waals surface area contributed by atoms with Crippen LogP contribution in [-0.4, -0.2) is 6.04 Å². The quantitative estimate of drug-likeness (QED) is 0.799. The van der Waals surface area contributed by atoms with Crippen LogP contribution in [0.3, 0.4) is 0 Å². The molecule has 1 unspecified atom stereocenters. The highest BCUT2D eigenvalue weighted by molar-refractivity contribution is 5.33. The van der Waals surface area contributed by atoms with Crippen LogP contribution in [0.5, 0.6) is 0 Å². The third-order valence-corrected chi connectivity index (χ3v) is 3.38. The van der Waals surface area contributed by atoms with Crippen LogP contribution in [0.15, 0.2) is 24.3 Å². The third-order valence-electron chi connectivity index (χ3n) is 3.38. The Morgan fingerprint density at radius 1 is 1.27 bits per heavy atom. The van der Waals surface area contributed by atoms with Crippen molar-refractivity contribution < 1.29 is 0 Å². The molecule has 0 bridgehead atoms. The minimum atomic E-state index is 0.296. The Labute approximate surface area is 92.7 Å². The standard InChI is InChI=1S/C14H21N/c1-10(2)14(15)9-12-5-3-4-6-13(12)11-7-8-11/h3-6,10-11,14H,7-9,15H2,1-2H3. The van der Waals surface area contributed by atoms with E-state index in [9.17, 15) is 0 Å². The van der Waals surface area contributed by atoms with Gasteiger partial charge >= 0.3 is 0 Å². The largest absolute Gasteiger partial charge is 0.327 e. The van der Waals surface area contributed by atoms with Gasteiger partial charge in [0.1, 0.15) is 0 Å². The first-order valence-electron chi connectivity index (χ1n) is 6.02. The molecule has 1 aliphatic carbocycles. The van der Waals surface area contributed by atoms with E-state index >= 15 is 0 Å². The van der Waals surface area contributed by atoms with Gasteiger partial charge in [-0.25, -0.2) is 0 Å². The first-order chi connectivity index (χ1) is 7.18. The molecular weight excluding hydrogens is 182 g/mol. The van der Waals surface area contributed by atoms with Crippen molar-refractivity contribution in [1.29, 1.82) is 0 Å². The number of benzene rings is 1. The SMILES string of the molecule is CC(C)C(N)Cc1ccccc1C1CC1. The van der Waals surface area contributed by atoms with Gasteiger partial charge in [0.2, 0.25) is 0 Å². The summed E-state index contributed by atoms with van der Waals surface area (Å²) in [6.07, 6.45) is 3.77. The maximum Gasteiger partial charge on any atom is 0.0103 e. The Morgan fingerprint density at radius 3 is 2.53 bits per heavy atom. The summed E-state index contributed by atoms with van der Waals surface area (Å²) in [5.74, 6) is 1.40. The Balaban J connectivity index is 2.12. The van der Waals surface area contributed by atoms with Crippen LogP contribution in [0.2, 0.25) is 0 Å². The second kappa shape index (κ2) is 4.36. The van der Waals surface area contributed by atoms with Gasteiger partial charge in [-0.1, -0.05) is 38.1 Å². The van der Waals surface area contributed by atoms with Gasteiger partial charge in [-0.05, 0) is 42.2 Å². The fraction of sp³-hybridized carbons (Fsp3) is 0.571. The minimum Gasteiger partial charge on any atom is -0.327 e. The summed E-state index contributed by atoms with van der Waals surface area (Å²) in [4.78, 5) is 0. The molecule has 0 radical (unpaired) electrons. The summed E-state index contributed by atoms with van der Waals surface area (Å²) in [5, 5.41) is 0. The van der Waals surface area contributed by atoms with E-state index in [4.69, 9.17) is 5.73 Å². The number of nitrogens with two attached hydrogens (primary N) is 1. The molecule has 0 heterocycles. The van der Waals surface area contributed by atoms with Gasteiger partial charge in [0.25, 0.3) is 0 Å². The van der Waals surface area contributed by atoms with Gasteiger partial charge in [-0.15, -0.1) is 0 Å². The van der Waals surface area contributed by atoms with Crippen molar-refractivity contribution in [2.45, 2.75) is 45.1 Å². The van der Waals surface area contributed by atoms with Gasteiger partial charge in [0, 0.05) is 6.04 Å². The molecule has 1 aromatic rings. The Morgan fingerprint density at radius 2 is 1.93 bits per heavy atom. The zero-order valence-corrected chi connectivity index (χ0v) is 9.74. The molecule has 0 aliphatic heterocycles. The molecule has 0 amide bonds. The minimum absolute atomic E-state index is 0.296. The number of rotatable bonds is 4. The van der Waals surface area contributed by atoms with Crippen LogP contribution in [-0.2, 0) is 6.42 Å². The van der Waals surface area contributed by atoms with Gasteiger partial charge in [-0.2, -0.15) is 0 Å².